The predicted octanol–water partition coefficient (Wildman–Crippen LogP) is 7.72. The second kappa shape index (κ2) is 9.32. The number of benzene rings is 5. The molecule has 0 saturated heterocycles. The Kier molecular flexibility index (Phi) is 5.57. The lowest BCUT2D eigenvalue weighted by Crippen LogP contribution is -2.24. The summed E-state index contributed by atoms with van der Waals surface area (Å²) < 4.78 is 0. The number of rotatable bonds is 5. The van der Waals surface area contributed by atoms with E-state index in [-0.39, 0.29) is 6.17 Å². The summed E-state index contributed by atoms with van der Waals surface area (Å²) >= 11 is 0. The molecule has 35 heavy (non-hydrogen) atoms. The molecule has 0 spiro atoms. The molecule has 2 N–H and O–H groups in total. The van der Waals surface area contributed by atoms with Crippen molar-refractivity contribution in [1.82, 2.24) is 5.32 Å². The third kappa shape index (κ3) is 4.57. The van der Waals surface area contributed by atoms with E-state index in [9.17, 15) is 0 Å². The van der Waals surface area contributed by atoms with Crippen molar-refractivity contribution >= 4 is 33.6 Å². The molecule has 1 atom stereocenters. The number of nitrogens with one attached hydrogen (secondary N) is 2. The third-order valence-electron chi connectivity index (χ3n) is 6.24. The summed E-state index contributed by atoms with van der Waals surface area (Å²) in [6.45, 7) is 0. The van der Waals surface area contributed by atoms with Gasteiger partial charge in [0.05, 0.1) is 5.71 Å². The van der Waals surface area contributed by atoms with Crippen LogP contribution in [0.5, 0.6) is 0 Å². The first-order valence-corrected chi connectivity index (χ1v) is 11.8. The van der Waals surface area contributed by atoms with Crippen molar-refractivity contribution < 1.29 is 0 Å². The van der Waals surface area contributed by atoms with Gasteiger partial charge < -0.3 is 10.6 Å². The fraction of sp³-hybridized carbons (Fsp3) is 0.0312. The molecular weight excluding hydrogens is 426 g/mol. The van der Waals surface area contributed by atoms with Gasteiger partial charge in [0.25, 0.3) is 0 Å². The summed E-state index contributed by atoms with van der Waals surface area (Å²) in [5, 5.41) is 9.64. The normalized spacial score (nSPS) is 15.1. The Hall–Kier alpha value is -4.63. The highest BCUT2D eigenvalue weighted by Gasteiger charge is 2.19. The van der Waals surface area contributed by atoms with Crippen LogP contribution in [0.3, 0.4) is 0 Å². The summed E-state index contributed by atoms with van der Waals surface area (Å²) in [4.78, 5) is 5.09. The van der Waals surface area contributed by atoms with E-state index in [1.165, 1.54) is 10.8 Å². The Balaban J connectivity index is 1.35. The highest BCUT2D eigenvalue weighted by Crippen LogP contribution is 2.28. The molecule has 1 aliphatic rings. The molecule has 5 aromatic rings. The number of aliphatic imine (C=N–C) groups is 1. The van der Waals surface area contributed by atoms with Gasteiger partial charge in [0.2, 0.25) is 0 Å². The molecule has 0 radical (unpaired) electrons. The fourth-order valence-corrected chi connectivity index (χ4v) is 4.46. The van der Waals surface area contributed by atoms with Gasteiger partial charge in [-0.3, -0.25) is 4.99 Å². The van der Waals surface area contributed by atoms with Gasteiger partial charge in [0.15, 0.2) is 0 Å². The lowest BCUT2D eigenvalue weighted by molar-refractivity contribution is 0.664. The van der Waals surface area contributed by atoms with Gasteiger partial charge in [-0.1, -0.05) is 103 Å². The van der Waals surface area contributed by atoms with E-state index in [4.69, 9.17) is 4.99 Å². The highest BCUT2D eigenvalue weighted by molar-refractivity contribution is 6.13. The summed E-state index contributed by atoms with van der Waals surface area (Å²) in [6, 6.07) is 44.1. The van der Waals surface area contributed by atoms with E-state index in [2.05, 4.69) is 132 Å². The Bertz CT molecular complexity index is 1540. The topological polar surface area (TPSA) is 36.4 Å². The highest BCUT2D eigenvalue weighted by atomic mass is 15.1. The molecule has 0 aromatic heterocycles. The van der Waals surface area contributed by atoms with Gasteiger partial charge in [-0.05, 0) is 52.2 Å². The van der Waals surface area contributed by atoms with E-state index < -0.39 is 0 Å². The zero-order valence-corrected chi connectivity index (χ0v) is 19.2. The van der Waals surface area contributed by atoms with E-state index in [1.807, 2.05) is 12.1 Å². The number of anilines is 2. The molecule has 5 aromatic carbocycles. The maximum absolute atomic E-state index is 5.09. The Morgan fingerprint density at radius 2 is 1.26 bits per heavy atom. The van der Waals surface area contributed by atoms with E-state index in [0.717, 1.165) is 39.5 Å². The first-order valence-electron chi connectivity index (χ1n) is 11.8. The molecule has 0 amide bonds. The Morgan fingerprint density at radius 3 is 2.09 bits per heavy atom. The van der Waals surface area contributed by atoms with Crippen LogP contribution in [-0.2, 0) is 0 Å². The summed E-state index contributed by atoms with van der Waals surface area (Å²) in [5.41, 5.74) is 7.48. The van der Waals surface area contributed by atoms with Crippen LogP contribution in [0, 0.1) is 0 Å². The number of allylic oxidation sites excluding steroid dienone is 1. The fourth-order valence-electron chi connectivity index (χ4n) is 4.46. The molecular formula is C32H25N3. The average Bonchev–Trinajstić information content (AvgIpc) is 2.94. The van der Waals surface area contributed by atoms with Crippen LogP contribution in [-0.4, -0.2) is 5.71 Å². The van der Waals surface area contributed by atoms with Gasteiger partial charge in [-0.2, -0.15) is 0 Å². The molecule has 1 unspecified atom stereocenters. The van der Waals surface area contributed by atoms with Gasteiger partial charge in [0.1, 0.15) is 6.17 Å². The molecule has 0 saturated carbocycles. The molecule has 0 fully saturated rings. The quantitative estimate of drug-likeness (QED) is 0.287. The molecule has 168 valence electrons. The summed E-state index contributed by atoms with van der Waals surface area (Å²) in [5.74, 6) is 0. The van der Waals surface area contributed by atoms with Crippen molar-refractivity contribution in [2.75, 3.05) is 5.32 Å². The molecule has 0 bridgehead atoms. The van der Waals surface area contributed by atoms with Crippen molar-refractivity contribution in [3.05, 3.63) is 150 Å². The van der Waals surface area contributed by atoms with E-state index in [0.29, 0.717) is 0 Å². The van der Waals surface area contributed by atoms with E-state index in [1.54, 1.807) is 0 Å². The minimum absolute atomic E-state index is 0.150. The van der Waals surface area contributed by atoms with Crippen LogP contribution in [0.15, 0.2) is 138 Å². The summed E-state index contributed by atoms with van der Waals surface area (Å²) in [6.07, 6.45) is 1.99. The first kappa shape index (κ1) is 20.9. The number of hydrogen-bond donors (Lipinski definition) is 2. The molecule has 3 heteroatoms. The Labute approximate surface area is 205 Å². The smallest absolute Gasteiger partial charge is 0.145 e. The van der Waals surface area contributed by atoms with E-state index >= 15 is 0 Å². The SMILES string of the molecule is C1=C(c2ccccc2)NC(c2ccccc2)N=C1c1cccc(Nc2ccc3ccccc3c2)c1. The maximum atomic E-state index is 5.09. The van der Waals surface area contributed by atoms with Gasteiger partial charge in [-0.25, -0.2) is 0 Å². The van der Waals surface area contributed by atoms with Gasteiger partial charge in [-0.15, -0.1) is 0 Å². The second-order valence-electron chi connectivity index (χ2n) is 8.66. The van der Waals surface area contributed by atoms with Crippen LogP contribution in [0.1, 0.15) is 22.9 Å². The van der Waals surface area contributed by atoms with Crippen LogP contribution < -0.4 is 10.6 Å². The van der Waals surface area contributed by atoms with Gasteiger partial charge >= 0.3 is 0 Å². The lowest BCUT2D eigenvalue weighted by atomic mass is 10.0. The number of nitrogens with zero attached hydrogens (tertiary/aromatic N) is 1. The zero-order valence-electron chi connectivity index (χ0n) is 19.2. The predicted molar refractivity (Wildman–Crippen MR) is 147 cm³/mol. The van der Waals surface area contributed by atoms with Crippen LogP contribution in [0.2, 0.25) is 0 Å². The lowest BCUT2D eigenvalue weighted by Gasteiger charge is -2.25. The monoisotopic (exact) mass is 451 g/mol. The minimum atomic E-state index is -0.150. The van der Waals surface area contributed by atoms with Crippen molar-refractivity contribution in [1.29, 1.82) is 0 Å². The molecule has 1 aliphatic heterocycles. The number of hydrogen-bond acceptors (Lipinski definition) is 3. The van der Waals surface area contributed by atoms with Crippen LogP contribution in [0.4, 0.5) is 11.4 Å². The van der Waals surface area contributed by atoms with Gasteiger partial charge in [0, 0.05) is 22.6 Å². The van der Waals surface area contributed by atoms with Crippen molar-refractivity contribution in [3.8, 4) is 0 Å². The van der Waals surface area contributed by atoms with Crippen LogP contribution >= 0.6 is 0 Å². The Morgan fingerprint density at radius 1 is 0.571 bits per heavy atom. The second-order valence-corrected chi connectivity index (χ2v) is 8.66. The van der Waals surface area contributed by atoms with Crippen molar-refractivity contribution in [3.63, 3.8) is 0 Å². The molecule has 1 heterocycles. The largest absolute Gasteiger partial charge is 0.360 e. The van der Waals surface area contributed by atoms with Crippen LogP contribution in [0.25, 0.3) is 16.5 Å². The zero-order chi connectivity index (χ0) is 23.5. The van der Waals surface area contributed by atoms with Crippen molar-refractivity contribution in [2.45, 2.75) is 6.17 Å². The molecule has 3 nitrogen and oxygen atoms in total. The first-order chi connectivity index (χ1) is 17.3. The van der Waals surface area contributed by atoms with Crippen molar-refractivity contribution in [2.24, 2.45) is 4.99 Å². The average molecular weight is 452 g/mol. The summed E-state index contributed by atoms with van der Waals surface area (Å²) in [7, 11) is 0. The minimum Gasteiger partial charge on any atom is -0.360 e. The molecule has 6 rings (SSSR count). The maximum Gasteiger partial charge on any atom is 0.145 e. The standard InChI is InChI=1S/C32H25N3/c1-3-11-24(12-4-1)30-22-31(35-32(34-30)25-13-5-2-6-14-25)27-16-9-17-28(21-27)33-29-19-18-23-10-7-8-15-26(23)20-29/h1-22,32-34H. The number of fused-ring (bicyclic) bond motifs is 1. The molecule has 0 aliphatic carbocycles. The third-order valence-corrected chi connectivity index (χ3v) is 6.24.